The molecule has 9 amide bonds. The lowest BCUT2D eigenvalue weighted by Gasteiger charge is -2.33. The van der Waals surface area contributed by atoms with Crippen molar-refractivity contribution in [3.05, 3.63) is 143 Å². The van der Waals surface area contributed by atoms with Crippen LogP contribution in [0.4, 0.5) is 14.4 Å². The first-order valence-corrected chi connectivity index (χ1v) is 31.2. The maximum absolute atomic E-state index is 15.5. The van der Waals surface area contributed by atoms with Gasteiger partial charge in [-0.3, -0.25) is 33.7 Å². The molecule has 5 aromatic carbocycles. The van der Waals surface area contributed by atoms with E-state index in [1.807, 2.05) is 24.3 Å². The SMILES string of the molecule is CCCCc1ccc(-c2ccc(C(=O)N[C@@H](CCCNC(=O)OC(C)(C)C)C(=O)N(C)[C@@H]3C(=O)N[C@@H](C)C(=O)N[C@H](CN4C(=O)c5ccccc5C4=O)Cc4ccc(OCCNC(=O)OC(C)(C)C)c(c4)-c4cc3ccc4OCCNC(=O)OC(C)(C)C)cc2)cc1. The molecule has 0 aliphatic carbocycles. The van der Waals surface area contributed by atoms with Crippen molar-refractivity contribution in [2.45, 2.75) is 156 Å². The van der Waals surface area contributed by atoms with Crippen LogP contribution in [0.3, 0.4) is 0 Å². The number of nitrogens with zero attached hydrogens (tertiary/aromatic N) is 2. The normalized spacial score (nSPS) is 16.1. The number of imide groups is 1. The third-order valence-corrected chi connectivity index (χ3v) is 14.7. The Bertz CT molecular complexity index is 3440. The van der Waals surface area contributed by atoms with E-state index in [0.29, 0.717) is 16.7 Å². The number of rotatable bonds is 22. The molecular weight excluding hydrogens is 1180 g/mol. The quantitative estimate of drug-likeness (QED) is 0.0214. The highest BCUT2D eigenvalue weighted by Crippen LogP contribution is 2.41. The van der Waals surface area contributed by atoms with Crippen molar-refractivity contribution >= 4 is 53.7 Å². The minimum atomic E-state index is -1.55. The van der Waals surface area contributed by atoms with Gasteiger partial charge in [0.05, 0.1) is 30.3 Å². The van der Waals surface area contributed by atoms with E-state index < -0.39 is 94.7 Å². The zero-order valence-electron chi connectivity index (χ0n) is 54.8. The van der Waals surface area contributed by atoms with E-state index in [-0.39, 0.29) is 92.4 Å². The fourth-order valence-electron chi connectivity index (χ4n) is 10.4. The summed E-state index contributed by atoms with van der Waals surface area (Å²) in [6.07, 6.45) is 1.29. The van der Waals surface area contributed by atoms with Crippen molar-refractivity contribution in [3.63, 3.8) is 0 Å². The smallest absolute Gasteiger partial charge is 0.407 e. The van der Waals surface area contributed by atoms with Crippen LogP contribution in [0.25, 0.3) is 22.3 Å². The summed E-state index contributed by atoms with van der Waals surface area (Å²) in [6, 6.07) is 26.6. The molecular formula is C70H88N8O14. The molecule has 2 heterocycles. The molecule has 0 saturated heterocycles. The zero-order valence-corrected chi connectivity index (χ0v) is 54.8. The first-order valence-electron chi connectivity index (χ1n) is 31.2. The number of benzene rings is 5. The van der Waals surface area contributed by atoms with Gasteiger partial charge >= 0.3 is 18.3 Å². The fraction of sp³-hybridized carbons (Fsp3) is 0.443. The van der Waals surface area contributed by atoms with Crippen LogP contribution >= 0.6 is 0 Å². The highest BCUT2D eigenvalue weighted by molar-refractivity contribution is 6.21. The number of carbonyl (C=O) groups is 9. The summed E-state index contributed by atoms with van der Waals surface area (Å²) in [5.74, 6) is -3.40. The Balaban J connectivity index is 1.30. The first-order chi connectivity index (χ1) is 43.5. The Kier molecular flexibility index (Phi) is 23.6. The summed E-state index contributed by atoms with van der Waals surface area (Å²) in [5.41, 5.74) is 2.90. The summed E-state index contributed by atoms with van der Waals surface area (Å²) in [6.45, 7) is 18.8. The largest absolute Gasteiger partial charge is 0.491 e. The summed E-state index contributed by atoms with van der Waals surface area (Å²) in [4.78, 5) is 128. The molecule has 0 radical (unpaired) electrons. The molecule has 22 nitrogen and oxygen atoms in total. The van der Waals surface area contributed by atoms with Crippen molar-refractivity contribution in [1.82, 2.24) is 41.7 Å². The number of alkyl carbamates (subject to hydrolysis) is 3. The van der Waals surface area contributed by atoms with Gasteiger partial charge in [-0.05, 0) is 178 Å². The summed E-state index contributed by atoms with van der Waals surface area (Å²) in [5, 5.41) is 16.8. The van der Waals surface area contributed by atoms with Gasteiger partial charge in [-0.15, -0.1) is 0 Å². The third kappa shape index (κ3) is 20.0. The van der Waals surface area contributed by atoms with Gasteiger partial charge in [-0.2, -0.15) is 0 Å². The Morgan fingerprint density at radius 3 is 1.65 bits per heavy atom. The van der Waals surface area contributed by atoms with E-state index in [4.69, 9.17) is 23.7 Å². The molecule has 0 fully saturated rings. The van der Waals surface area contributed by atoms with Gasteiger partial charge in [0.2, 0.25) is 17.7 Å². The van der Waals surface area contributed by atoms with Crippen LogP contribution in [-0.4, -0.2) is 145 Å². The average molecular weight is 1270 g/mol. The monoisotopic (exact) mass is 1260 g/mol. The number of ether oxygens (including phenoxy) is 5. The van der Waals surface area contributed by atoms with E-state index in [1.54, 1.807) is 135 Å². The van der Waals surface area contributed by atoms with E-state index in [2.05, 4.69) is 51.0 Å². The molecule has 492 valence electrons. The molecule has 4 bridgehead atoms. The predicted octanol–water partition coefficient (Wildman–Crippen LogP) is 9.62. The lowest BCUT2D eigenvalue weighted by molar-refractivity contribution is -0.141. The van der Waals surface area contributed by atoms with Gasteiger partial charge in [-0.1, -0.05) is 74.0 Å². The molecule has 0 aromatic heterocycles. The molecule has 7 rings (SSSR count). The number of nitrogens with one attached hydrogen (secondary N) is 6. The third-order valence-electron chi connectivity index (χ3n) is 14.7. The topological polar surface area (TPSA) is 278 Å². The van der Waals surface area contributed by atoms with Gasteiger partial charge in [0.15, 0.2) is 0 Å². The van der Waals surface area contributed by atoms with E-state index in [0.717, 1.165) is 35.3 Å². The van der Waals surface area contributed by atoms with Gasteiger partial charge in [0.1, 0.15) is 59.6 Å². The number of fused-ring (bicyclic) bond motifs is 6. The fourth-order valence-corrected chi connectivity index (χ4v) is 10.4. The molecule has 0 saturated carbocycles. The van der Waals surface area contributed by atoms with Crippen molar-refractivity contribution < 1.29 is 66.8 Å². The number of hydrogen-bond acceptors (Lipinski definition) is 14. The number of carbonyl (C=O) groups excluding carboxylic acids is 9. The van der Waals surface area contributed by atoms with Crippen LogP contribution in [0.15, 0.2) is 109 Å². The molecule has 2 aliphatic heterocycles. The molecule has 0 spiro atoms. The second kappa shape index (κ2) is 31.0. The Hall–Kier alpha value is -9.47. The molecule has 5 aromatic rings. The molecule has 2 aliphatic rings. The molecule has 92 heavy (non-hydrogen) atoms. The van der Waals surface area contributed by atoms with Gasteiger partial charge < -0.3 is 60.5 Å². The average Bonchev–Trinajstić information content (AvgIpc) is 1.20. The van der Waals surface area contributed by atoms with Crippen LogP contribution < -0.4 is 41.4 Å². The Morgan fingerprint density at radius 1 is 0.609 bits per heavy atom. The van der Waals surface area contributed by atoms with Gasteiger partial charge in [0, 0.05) is 36.8 Å². The van der Waals surface area contributed by atoms with Crippen LogP contribution in [-0.2, 0) is 41.4 Å². The van der Waals surface area contributed by atoms with Crippen molar-refractivity contribution in [2.75, 3.05) is 46.4 Å². The van der Waals surface area contributed by atoms with Gasteiger partial charge in [-0.25, -0.2) is 14.4 Å². The second-order valence-electron chi connectivity index (χ2n) is 25.9. The van der Waals surface area contributed by atoms with Gasteiger partial charge in [0.25, 0.3) is 17.7 Å². The highest BCUT2D eigenvalue weighted by atomic mass is 16.6. The standard InChI is InChI=1S/C70H88N8O14/c1-13-14-18-44-22-25-46(26-23-44)47-27-29-48(30-28-47)60(80)76-55(21-17-34-71-65(85)90-68(3,4)5)64(84)77(12)58-49-31-33-57(89-38-36-73-67(87)92-70(9,10)11)54(41-49)53-40-45(24-32-56(53)88-37-35-72-66(86)91-69(6,7)8)39-50(75-59(79)43(2)74-61(58)81)42-78-62(82)51-19-15-16-20-52(51)63(78)83/h15-16,19-20,22-33,40-41,43,50,55,58H,13-14,17-18,21,34-39,42H2,1-12H3,(H,71,85)(H,72,86)(H,73,87)(H,74,81)(H,75,79)(H,76,80)/t43-,50-,55-,58-/m0/s1. The second-order valence-corrected chi connectivity index (χ2v) is 25.9. The maximum atomic E-state index is 15.5. The van der Waals surface area contributed by atoms with E-state index in [9.17, 15) is 33.6 Å². The molecule has 22 heteroatoms. The summed E-state index contributed by atoms with van der Waals surface area (Å²) in [7, 11) is 1.40. The summed E-state index contributed by atoms with van der Waals surface area (Å²) >= 11 is 0. The Labute approximate surface area is 538 Å². The Morgan fingerprint density at radius 2 is 1.12 bits per heavy atom. The van der Waals surface area contributed by atoms with E-state index in [1.165, 1.54) is 24.4 Å². The number of likely N-dealkylation sites (N-methyl/N-ethyl adjacent to an activating group) is 1. The highest BCUT2D eigenvalue weighted by Gasteiger charge is 2.39. The molecule has 4 atom stereocenters. The van der Waals surface area contributed by atoms with Crippen LogP contribution in [0.2, 0.25) is 0 Å². The zero-order chi connectivity index (χ0) is 67.1. The number of aryl methyl sites for hydroxylation is 1. The first kappa shape index (κ1) is 70.0. The minimum Gasteiger partial charge on any atom is -0.491 e. The van der Waals surface area contributed by atoms with Crippen LogP contribution in [0, 0.1) is 0 Å². The number of hydrogen-bond donors (Lipinski definition) is 6. The van der Waals surface area contributed by atoms with Crippen LogP contribution in [0.1, 0.15) is 156 Å². The van der Waals surface area contributed by atoms with Crippen molar-refractivity contribution in [1.29, 1.82) is 0 Å². The van der Waals surface area contributed by atoms with E-state index >= 15 is 9.59 Å². The predicted molar refractivity (Wildman–Crippen MR) is 347 cm³/mol. The lowest BCUT2D eigenvalue weighted by atomic mass is 9.93. The molecule has 0 unspecified atom stereocenters. The number of unbranched alkanes of at least 4 members (excludes halogenated alkanes) is 1. The van der Waals surface area contributed by atoms with Crippen molar-refractivity contribution in [2.24, 2.45) is 0 Å². The summed E-state index contributed by atoms with van der Waals surface area (Å²) < 4.78 is 29.2. The molecule has 6 N–H and O–H groups in total. The van der Waals surface area contributed by atoms with Crippen LogP contribution in [0.5, 0.6) is 11.5 Å². The lowest BCUT2D eigenvalue weighted by Crippen LogP contribution is -2.55. The minimum absolute atomic E-state index is 0.00523. The maximum Gasteiger partial charge on any atom is 0.407 e. The van der Waals surface area contributed by atoms with Crippen molar-refractivity contribution in [3.8, 4) is 33.8 Å². The number of amides is 9.